The molecule has 21 heteroatoms. The smallest absolute Gasteiger partial charge is 0.327 e. The summed E-state index contributed by atoms with van der Waals surface area (Å²) in [5.74, 6) is -7.06. The number of nitrogens with zero attached hydrogens (tertiary/aromatic N) is 2. The number of fused-ring (bicyclic) bond motifs is 2. The number of amides is 5. The van der Waals surface area contributed by atoms with Crippen LogP contribution in [0.4, 0.5) is 0 Å². The summed E-state index contributed by atoms with van der Waals surface area (Å²) in [7, 11) is 2.03. The Morgan fingerprint density at radius 2 is 1.75 bits per heavy atom. The molecule has 19 nitrogen and oxygen atoms in total. The van der Waals surface area contributed by atoms with Crippen molar-refractivity contribution in [2.45, 2.75) is 74.8 Å². The molecule has 0 spiro atoms. The van der Waals surface area contributed by atoms with Crippen molar-refractivity contribution in [1.82, 2.24) is 31.2 Å². The van der Waals surface area contributed by atoms with Gasteiger partial charge in [-0.1, -0.05) is 39.8 Å². The lowest BCUT2D eigenvalue weighted by molar-refractivity contribution is -0.147. The number of carbonyl (C=O) groups is 7. The molecule has 0 radical (unpaired) electrons. The zero-order valence-corrected chi connectivity index (χ0v) is 30.3. The molecule has 0 aliphatic carbocycles. The lowest BCUT2D eigenvalue weighted by atomic mass is 10.0. The largest absolute Gasteiger partial charge is 0.481 e. The van der Waals surface area contributed by atoms with E-state index in [2.05, 4.69) is 31.2 Å². The molecule has 1 aromatic carbocycles. The number of carboxylic acids is 2. The van der Waals surface area contributed by atoms with E-state index < -0.39 is 84.1 Å². The fourth-order valence-corrected chi connectivity index (χ4v) is 8.28. The number of nitrogens with one attached hydrogen (secondary N) is 5. The number of aliphatic imine (C=N–C) groups is 1. The van der Waals surface area contributed by atoms with Crippen LogP contribution in [0.2, 0.25) is 0 Å². The van der Waals surface area contributed by atoms with Crippen molar-refractivity contribution >= 4 is 79.9 Å². The maximum Gasteiger partial charge on any atom is 0.327 e. The monoisotopic (exact) mass is 776 g/mol. The Hall–Kier alpha value is -5.02. The molecule has 0 saturated carbocycles. The van der Waals surface area contributed by atoms with Crippen LogP contribution in [0.1, 0.15) is 37.7 Å². The summed E-state index contributed by atoms with van der Waals surface area (Å²) in [5, 5.41) is 30.4. The summed E-state index contributed by atoms with van der Waals surface area (Å²) in [5.41, 5.74) is 18.8. The molecule has 2 saturated heterocycles. The zero-order valence-electron chi connectivity index (χ0n) is 28.6. The third-order valence-corrected chi connectivity index (χ3v) is 11.1. The van der Waals surface area contributed by atoms with E-state index in [0.717, 1.165) is 43.0 Å². The van der Waals surface area contributed by atoms with Gasteiger partial charge in [-0.25, -0.2) is 4.79 Å². The second kappa shape index (κ2) is 19.2. The van der Waals surface area contributed by atoms with Crippen molar-refractivity contribution in [2.75, 3.05) is 24.6 Å². The van der Waals surface area contributed by atoms with Gasteiger partial charge in [0.1, 0.15) is 30.2 Å². The summed E-state index contributed by atoms with van der Waals surface area (Å²) in [6, 6.07) is -0.203. The van der Waals surface area contributed by atoms with Gasteiger partial charge in [0.15, 0.2) is 5.96 Å². The normalized spacial score (nSPS) is 22.4. The van der Waals surface area contributed by atoms with Crippen LogP contribution in [0.3, 0.4) is 0 Å². The Morgan fingerprint density at radius 1 is 1.02 bits per heavy atom. The van der Waals surface area contributed by atoms with Crippen LogP contribution >= 0.6 is 21.6 Å². The van der Waals surface area contributed by atoms with Crippen LogP contribution in [-0.2, 0) is 40.0 Å². The Labute approximate surface area is 311 Å². The molecule has 0 bridgehead atoms. The van der Waals surface area contributed by atoms with Gasteiger partial charge < -0.3 is 58.6 Å². The van der Waals surface area contributed by atoms with E-state index in [9.17, 15) is 43.8 Å². The molecule has 2 aromatic rings. The van der Waals surface area contributed by atoms with Gasteiger partial charge >= 0.3 is 11.9 Å². The predicted octanol–water partition coefficient (Wildman–Crippen LogP) is -2.02. The Morgan fingerprint density at radius 3 is 2.47 bits per heavy atom. The lowest BCUT2D eigenvalue weighted by Gasteiger charge is -2.30. The first kappa shape index (κ1) is 40.7. The van der Waals surface area contributed by atoms with Crippen molar-refractivity contribution in [3.8, 4) is 0 Å². The van der Waals surface area contributed by atoms with Gasteiger partial charge in [0.25, 0.3) is 0 Å². The fraction of sp³-hybridized carbons (Fsp3) is 0.500. The molecule has 2 fully saturated rings. The summed E-state index contributed by atoms with van der Waals surface area (Å²) in [4.78, 5) is 99.5. The quantitative estimate of drug-likeness (QED) is 0.0455. The van der Waals surface area contributed by atoms with Gasteiger partial charge in [-0.05, 0) is 43.7 Å². The maximum atomic E-state index is 13.8. The molecular formula is C32H44N10O9S2. The van der Waals surface area contributed by atoms with Crippen LogP contribution in [-0.4, -0.2) is 128 Å². The van der Waals surface area contributed by atoms with E-state index in [4.69, 9.17) is 17.2 Å². The number of carbonyl (C=O) groups excluding carboxylic acids is 5. The van der Waals surface area contributed by atoms with Crippen molar-refractivity contribution in [1.29, 1.82) is 0 Å². The minimum absolute atomic E-state index is 0.0286. The first-order valence-electron chi connectivity index (χ1n) is 16.8. The molecule has 2 aliphatic heterocycles. The van der Waals surface area contributed by atoms with E-state index in [1.165, 1.54) is 0 Å². The predicted molar refractivity (Wildman–Crippen MR) is 197 cm³/mol. The SMILES string of the molecule is NC(N)=NCCC[C@H](NC(=O)[C@@H](N)Cc1c[nH]c2ccccc12)C(=O)N[C@H]1CSSC[C@@H](C(=O)O)NC(=O)[C@@H]2CCCN2C(=O)[C@H](CC(=O)O)NC1=O. The minimum atomic E-state index is -1.61. The van der Waals surface area contributed by atoms with Crippen LogP contribution in [0.15, 0.2) is 35.5 Å². The summed E-state index contributed by atoms with van der Waals surface area (Å²) < 4.78 is 0. The second-order valence-electron chi connectivity index (χ2n) is 12.6. The molecule has 53 heavy (non-hydrogen) atoms. The third-order valence-electron chi connectivity index (χ3n) is 8.66. The number of hydrogen-bond acceptors (Lipinski definition) is 11. The maximum absolute atomic E-state index is 13.8. The highest BCUT2D eigenvalue weighted by atomic mass is 33.1. The standard InChI is InChI=1S/C32H44N10O9S2/c33-18(11-16-13-37-19-6-2-1-5-17(16)19)26(45)38-20(7-3-9-36-32(34)35)27(46)40-22-14-52-53-15-23(31(50)51)41-29(48)24-8-4-10-42(24)30(49)21(12-25(43)44)39-28(22)47/h1-2,5-6,13,18,20-24,37H,3-4,7-12,14-15,33H2,(H,38,45)(H,39,47)(H,40,46)(H,41,48)(H,43,44)(H,50,51)(H4,34,35,36)/t18-,20-,21-,22-,23-,24-/m0/s1. The highest BCUT2D eigenvalue weighted by Crippen LogP contribution is 2.25. The van der Waals surface area contributed by atoms with E-state index in [-0.39, 0.29) is 56.2 Å². The Balaban J connectivity index is 1.55. The van der Waals surface area contributed by atoms with Crippen LogP contribution in [0, 0.1) is 0 Å². The van der Waals surface area contributed by atoms with Crippen LogP contribution in [0.5, 0.6) is 0 Å². The van der Waals surface area contributed by atoms with Crippen molar-refractivity contribution in [3.05, 3.63) is 36.0 Å². The highest BCUT2D eigenvalue weighted by molar-refractivity contribution is 8.76. The van der Waals surface area contributed by atoms with Gasteiger partial charge in [0, 0.05) is 41.7 Å². The number of aliphatic carboxylic acids is 2. The van der Waals surface area contributed by atoms with Crippen LogP contribution in [0.25, 0.3) is 10.9 Å². The Kier molecular flexibility index (Phi) is 14.7. The molecule has 4 rings (SSSR count). The fourth-order valence-electron chi connectivity index (χ4n) is 5.96. The summed E-state index contributed by atoms with van der Waals surface area (Å²) in [6.07, 6.45) is 1.93. The van der Waals surface area contributed by atoms with E-state index in [1.54, 1.807) is 6.20 Å². The van der Waals surface area contributed by atoms with Gasteiger partial charge in [0.2, 0.25) is 29.5 Å². The number of guanidine groups is 1. The third kappa shape index (κ3) is 11.5. The number of para-hydroxylation sites is 1. The molecule has 3 heterocycles. The first-order valence-corrected chi connectivity index (χ1v) is 19.3. The number of hydrogen-bond donors (Lipinski definition) is 10. The van der Waals surface area contributed by atoms with Gasteiger partial charge in [-0.15, -0.1) is 0 Å². The van der Waals surface area contributed by atoms with Crippen molar-refractivity contribution in [3.63, 3.8) is 0 Å². The number of aromatic amines is 1. The summed E-state index contributed by atoms with van der Waals surface area (Å²) in [6.45, 7) is 0.201. The van der Waals surface area contributed by atoms with Crippen molar-refractivity contribution < 1.29 is 43.8 Å². The van der Waals surface area contributed by atoms with Gasteiger partial charge in [0.05, 0.1) is 12.5 Å². The van der Waals surface area contributed by atoms with Gasteiger partial charge in [-0.3, -0.25) is 33.8 Å². The van der Waals surface area contributed by atoms with E-state index >= 15 is 0 Å². The number of aromatic nitrogens is 1. The molecule has 1 aromatic heterocycles. The number of benzene rings is 1. The highest BCUT2D eigenvalue weighted by Gasteiger charge is 2.40. The molecule has 0 unspecified atom stereocenters. The average Bonchev–Trinajstić information content (AvgIpc) is 3.76. The molecule has 6 atom stereocenters. The molecule has 2 aliphatic rings. The number of H-pyrrole nitrogens is 1. The van der Waals surface area contributed by atoms with Gasteiger partial charge in [-0.2, -0.15) is 0 Å². The number of carboxylic acid groups (broad SMARTS) is 2. The average molecular weight is 777 g/mol. The Bertz CT molecular complexity index is 1720. The molecule has 13 N–H and O–H groups in total. The topological polar surface area (TPSA) is 318 Å². The lowest BCUT2D eigenvalue weighted by Crippen LogP contribution is -2.60. The molecule has 288 valence electrons. The van der Waals surface area contributed by atoms with Crippen LogP contribution < -0.4 is 38.5 Å². The van der Waals surface area contributed by atoms with E-state index in [0.29, 0.717) is 6.42 Å². The first-order chi connectivity index (χ1) is 25.2. The van der Waals surface area contributed by atoms with E-state index in [1.807, 2.05) is 24.3 Å². The summed E-state index contributed by atoms with van der Waals surface area (Å²) >= 11 is 0. The van der Waals surface area contributed by atoms with Crippen molar-refractivity contribution in [2.24, 2.45) is 22.2 Å². The molecule has 5 amide bonds. The molecular weight excluding hydrogens is 733 g/mol. The number of nitrogens with two attached hydrogens (primary N) is 3. The minimum Gasteiger partial charge on any atom is -0.481 e. The number of rotatable bonds is 13. The zero-order chi connectivity index (χ0) is 38.7. The second-order valence-corrected chi connectivity index (χ2v) is 15.1.